The first-order valence-corrected chi connectivity index (χ1v) is 8.23. The lowest BCUT2D eigenvalue weighted by Gasteiger charge is -2.12. The van der Waals surface area contributed by atoms with Crippen LogP contribution in [0.25, 0.3) is 28.2 Å². The summed E-state index contributed by atoms with van der Waals surface area (Å²) < 4.78 is 6.85. The van der Waals surface area contributed by atoms with Crippen LogP contribution in [0, 0.1) is 6.92 Å². The minimum absolute atomic E-state index is 0.000807. The molecule has 0 aliphatic heterocycles. The number of fused-ring (bicyclic) bond motifs is 1. The summed E-state index contributed by atoms with van der Waals surface area (Å²) in [7, 11) is 1.48. The SMILES string of the molecule is COc1ccc(-n2c(-c3cc(C)c(O)cc3O)nc3cccnc32)cc1O. The van der Waals surface area contributed by atoms with Gasteiger partial charge >= 0.3 is 0 Å². The van der Waals surface area contributed by atoms with Gasteiger partial charge in [-0.1, -0.05) is 0 Å². The van der Waals surface area contributed by atoms with Crippen molar-refractivity contribution >= 4 is 11.2 Å². The summed E-state index contributed by atoms with van der Waals surface area (Å²) in [6.07, 6.45) is 1.65. The summed E-state index contributed by atoms with van der Waals surface area (Å²) in [6, 6.07) is 11.5. The number of hydrogen-bond donors (Lipinski definition) is 3. The van der Waals surface area contributed by atoms with Gasteiger partial charge in [-0.05, 0) is 42.8 Å². The Bertz CT molecular complexity index is 1170. The summed E-state index contributed by atoms with van der Waals surface area (Å²) in [5.74, 6) is 0.659. The topological polar surface area (TPSA) is 101 Å². The van der Waals surface area contributed by atoms with Crippen molar-refractivity contribution in [2.75, 3.05) is 7.11 Å². The molecule has 4 rings (SSSR count). The Morgan fingerprint density at radius 1 is 0.963 bits per heavy atom. The molecular weight excluding hydrogens is 346 g/mol. The highest BCUT2D eigenvalue weighted by molar-refractivity contribution is 5.82. The number of imidazole rings is 1. The van der Waals surface area contributed by atoms with Gasteiger partial charge in [0.1, 0.15) is 17.0 Å². The maximum absolute atomic E-state index is 10.4. The molecule has 0 radical (unpaired) electrons. The van der Waals surface area contributed by atoms with Crippen LogP contribution in [0.1, 0.15) is 5.56 Å². The van der Waals surface area contributed by atoms with E-state index in [1.807, 2.05) is 6.07 Å². The third-order valence-corrected chi connectivity index (χ3v) is 4.39. The quantitative estimate of drug-likeness (QED) is 0.515. The van der Waals surface area contributed by atoms with Crippen molar-refractivity contribution in [1.82, 2.24) is 14.5 Å². The first kappa shape index (κ1) is 16.7. The largest absolute Gasteiger partial charge is 0.508 e. The van der Waals surface area contributed by atoms with Gasteiger partial charge in [-0.2, -0.15) is 0 Å². The summed E-state index contributed by atoms with van der Waals surface area (Å²) >= 11 is 0. The number of pyridine rings is 1. The van der Waals surface area contributed by atoms with Crippen molar-refractivity contribution in [1.29, 1.82) is 0 Å². The lowest BCUT2D eigenvalue weighted by atomic mass is 10.1. The fourth-order valence-corrected chi connectivity index (χ4v) is 3.02. The first-order chi connectivity index (χ1) is 13.0. The summed E-state index contributed by atoms with van der Waals surface area (Å²) in [5, 5.41) is 30.4. The van der Waals surface area contributed by atoms with Gasteiger partial charge in [-0.25, -0.2) is 9.97 Å². The summed E-state index contributed by atoms with van der Waals surface area (Å²) in [6.45, 7) is 1.74. The van der Waals surface area contributed by atoms with Crippen LogP contribution in [0.4, 0.5) is 0 Å². The average Bonchev–Trinajstić information content (AvgIpc) is 3.03. The van der Waals surface area contributed by atoms with Gasteiger partial charge in [-0.15, -0.1) is 0 Å². The molecule has 0 spiro atoms. The Balaban J connectivity index is 2.04. The molecule has 2 heterocycles. The molecule has 7 heteroatoms. The van der Waals surface area contributed by atoms with Crippen molar-refractivity contribution in [3.8, 4) is 40.1 Å². The minimum Gasteiger partial charge on any atom is -0.508 e. The molecule has 4 aromatic rings. The molecule has 0 fully saturated rings. The number of aryl methyl sites for hydroxylation is 1. The number of benzene rings is 2. The van der Waals surface area contributed by atoms with E-state index in [1.54, 1.807) is 48.0 Å². The van der Waals surface area contributed by atoms with Crippen LogP contribution in [0.3, 0.4) is 0 Å². The van der Waals surface area contributed by atoms with Crippen LogP contribution < -0.4 is 4.74 Å². The molecule has 0 unspecified atom stereocenters. The highest BCUT2D eigenvalue weighted by Crippen LogP contribution is 2.38. The Hall–Kier alpha value is -3.74. The maximum atomic E-state index is 10.4. The van der Waals surface area contributed by atoms with Crippen LogP contribution >= 0.6 is 0 Å². The number of aromatic hydroxyl groups is 3. The zero-order valence-electron chi connectivity index (χ0n) is 14.7. The Morgan fingerprint density at radius 3 is 2.52 bits per heavy atom. The molecule has 3 N–H and O–H groups in total. The van der Waals surface area contributed by atoms with Gasteiger partial charge in [-0.3, -0.25) is 4.57 Å². The number of rotatable bonds is 3. The van der Waals surface area contributed by atoms with E-state index >= 15 is 0 Å². The zero-order chi connectivity index (χ0) is 19.1. The van der Waals surface area contributed by atoms with Crippen molar-refractivity contribution in [3.05, 3.63) is 54.2 Å². The Morgan fingerprint density at radius 2 is 1.78 bits per heavy atom. The minimum atomic E-state index is -0.104. The molecule has 2 aromatic carbocycles. The molecule has 0 atom stereocenters. The van der Waals surface area contributed by atoms with E-state index in [2.05, 4.69) is 9.97 Å². The van der Waals surface area contributed by atoms with E-state index in [1.165, 1.54) is 13.2 Å². The van der Waals surface area contributed by atoms with Gasteiger partial charge in [0.25, 0.3) is 0 Å². The highest BCUT2D eigenvalue weighted by atomic mass is 16.5. The molecule has 0 saturated heterocycles. The molecule has 0 saturated carbocycles. The number of phenols is 3. The predicted molar refractivity (Wildman–Crippen MR) is 101 cm³/mol. The van der Waals surface area contributed by atoms with Crippen molar-refractivity contribution in [3.63, 3.8) is 0 Å². The third kappa shape index (κ3) is 2.69. The van der Waals surface area contributed by atoms with Gasteiger partial charge in [0.15, 0.2) is 23.0 Å². The monoisotopic (exact) mass is 363 g/mol. The first-order valence-electron chi connectivity index (χ1n) is 8.23. The average molecular weight is 363 g/mol. The van der Waals surface area contributed by atoms with Crippen molar-refractivity contribution < 1.29 is 20.1 Å². The molecule has 0 aliphatic carbocycles. The lowest BCUT2D eigenvalue weighted by molar-refractivity contribution is 0.373. The number of ether oxygens (including phenoxy) is 1. The van der Waals surface area contributed by atoms with Crippen molar-refractivity contribution in [2.45, 2.75) is 6.92 Å². The van der Waals surface area contributed by atoms with Gasteiger partial charge < -0.3 is 20.1 Å². The second-order valence-electron chi connectivity index (χ2n) is 6.13. The second kappa shape index (κ2) is 6.21. The maximum Gasteiger partial charge on any atom is 0.164 e. The molecule has 0 amide bonds. The van der Waals surface area contributed by atoms with Crippen molar-refractivity contribution in [2.24, 2.45) is 0 Å². The van der Waals surface area contributed by atoms with Crippen LogP contribution in [-0.4, -0.2) is 37.0 Å². The predicted octanol–water partition coefficient (Wildman–Crippen LogP) is 3.52. The van der Waals surface area contributed by atoms with E-state index in [0.29, 0.717) is 39.6 Å². The highest BCUT2D eigenvalue weighted by Gasteiger charge is 2.19. The molecule has 7 nitrogen and oxygen atoms in total. The number of methoxy groups -OCH3 is 1. The fraction of sp³-hybridized carbons (Fsp3) is 0.100. The van der Waals surface area contributed by atoms with Crippen LogP contribution in [0.15, 0.2) is 48.7 Å². The second-order valence-corrected chi connectivity index (χ2v) is 6.13. The fourth-order valence-electron chi connectivity index (χ4n) is 3.02. The summed E-state index contributed by atoms with van der Waals surface area (Å²) in [4.78, 5) is 9.01. The molecule has 136 valence electrons. The van der Waals surface area contributed by atoms with Gasteiger partial charge in [0.2, 0.25) is 0 Å². The third-order valence-electron chi connectivity index (χ3n) is 4.39. The lowest BCUT2D eigenvalue weighted by Crippen LogP contribution is -1.99. The number of aromatic nitrogens is 3. The van der Waals surface area contributed by atoms with E-state index < -0.39 is 0 Å². The number of phenolic OH excluding ortho intramolecular Hbond substituents is 3. The Labute approximate surface area is 154 Å². The van der Waals surface area contributed by atoms with Crippen LogP contribution in [-0.2, 0) is 0 Å². The number of nitrogens with zero attached hydrogens (tertiary/aromatic N) is 3. The number of hydrogen-bond acceptors (Lipinski definition) is 6. The molecule has 0 bridgehead atoms. The van der Waals surface area contributed by atoms with E-state index in [-0.39, 0.29) is 17.2 Å². The molecular formula is C20H17N3O4. The molecule has 2 aromatic heterocycles. The van der Waals surface area contributed by atoms with Crippen LogP contribution in [0.2, 0.25) is 0 Å². The van der Waals surface area contributed by atoms with Gasteiger partial charge in [0.05, 0.1) is 18.4 Å². The molecule has 27 heavy (non-hydrogen) atoms. The van der Waals surface area contributed by atoms with E-state index in [9.17, 15) is 15.3 Å². The zero-order valence-corrected chi connectivity index (χ0v) is 14.7. The normalized spacial score (nSPS) is 11.0. The standard InChI is InChI=1S/C20H17N3O4/c1-11-8-13(16(25)10-15(11)24)19-22-14-4-3-7-21-20(14)23(19)12-5-6-18(27-2)17(26)9-12/h3-10,24-26H,1-2H3. The Kier molecular flexibility index (Phi) is 3.84. The smallest absolute Gasteiger partial charge is 0.164 e. The van der Waals surface area contributed by atoms with E-state index in [4.69, 9.17) is 4.74 Å². The van der Waals surface area contributed by atoms with E-state index in [0.717, 1.165) is 0 Å². The van der Waals surface area contributed by atoms with Crippen LogP contribution in [0.5, 0.6) is 23.0 Å². The molecule has 0 aliphatic rings. The van der Waals surface area contributed by atoms with Gasteiger partial charge in [0, 0.05) is 18.3 Å². The summed E-state index contributed by atoms with van der Waals surface area (Å²) in [5.41, 5.74) is 2.86.